The Bertz CT molecular complexity index is 660. The number of phenols is 1. The van der Waals surface area contributed by atoms with Gasteiger partial charge in [0.15, 0.2) is 0 Å². The Kier molecular flexibility index (Phi) is 7.28. The summed E-state index contributed by atoms with van der Waals surface area (Å²) in [6, 6.07) is 4.32. The molecule has 7 nitrogen and oxygen atoms in total. The molecule has 1 unspecified atom stereocenters. The van der Waals surface area contributed by atoms with Gasteiger partial charge in [0, 0.05) is 55.2 Å². The minimum Gasteiger partial charge on any atom is -0.508 e. The molecule has 1 aromatic rings. The predicted molar refractivity (Wildman–Crippen MR) is 75.9 cm³/mol. The monoisotopic (exact) mass is 542 g/mol. The predicted octanol–water partition coefficient (Wildman–Crippen LogP) is 0.183. The molecule has 2 rings (SSSR count). The van der Waals surface area contributed by atoms with E-state index in [9.17, 15) is 18.6 Å². The van der Waals surface area contributed by atoms with Gasteiger partial charge in [-0.3, -0.25) is 4.18 Å². The van der Waals surface area contributed by atoms with Crippen LogP contribution in [0.3, 0.4) is 0 Å². The number of nitrogens with zero attached hydrogens (tertiary/aromatic N) is 1. The Hall–Kier alpha value is -0.198. The average molecular weight is 542 g/mol. The molecule has 22 heavy (non-hydrogen) atoms. The van der Waals surface area contributed by atoms with E-state index in [0.29, 0.717) is 17.0 Å². The van der Waals surface area contributed by atoms with Gasteiger partial charge >= 0.3 is 0 Å². The van der Waals surface area contributed by atoms with Gasteiger partial charge in [0.2, 0.25) is 5.90 Å². The first-order valence-electron chi connectivity index (χ1n) is 6.30. The van der Waals surface area contributed by atoms with Crippen molar-refractivity contribution in [2.45, 2.75) is 19.1 Å². The van der Waals surface area contributed by atoms with E-state index in [2.05, 4.69) is 4.99 Å². The summed E-state index contributed by atoms with van der Waals surface area (Å²) < 4.78 is 32.5. The van der Waals surface area contributed by atoms with E-state index >= 15 is 0 Å². The maximum atomic E-state index is 11.2. The molecule has 1 aliphatic heterocycles. The van der Waals surface area contributed by atoms with Gasteiger partial charge in [0.05, 0.1) is 12.9 Å². The van der Waals surface area contributed by atoms with Crippen molar-refractivity contribution in [2.75, 3.05) is 19.5 Å². The van der Waals surface area contributed by atoms with Crippen LogP contribution in [0.25, 0.3) is 0 Å². The third-order valence-corrected chi connectivity index (χ3v) is 3.71. The molecule has 2 atom stereocenters. The first-order valence-corrected chi connectivity index (χ1v) is 8.12. The quantitative estimate of drug-likeness (QED) is 0.515. The molecular formula is C13H17AcNO6S. The van der Waals surface area contributed by atoms with Gasteiger partial charge in [-0.05, 0) is 19.1 Å². The number of hydrogen-bond donors (Lipinski definition) is 2. The number of hydrogen-bond acceptors (Lipinski definition) is 7. The van der Waals surface area contributed by atoms with Crippen molar-refractivity contribution in [3.8, 4) is 5.75 Å². The summed E-state index contributed by atoms with van der Waals surface area (Å²) in [7, 11) is -3.69. The van der Waals surface area contributed by atoms with Crippen LogP contribution in [0.1, 0.15) is 11.1 Å². The second-order valence-electron chi connectivity index (χ2n) is 4.78. The number of ether oxygens (including phenoxy) is 1. The van der Waals surface area contributed by atoms with Gasteiger partial charge in [0.1, 0.15) is 24.5 Å². The van der Waals surface area contributed by atoms with Crippen LogP contribution in [0.2, 0.25) is 0 Å². The van der Waals surface area contributed by atoms with Crippen molar-refractivity contribution in [1.29, 1.82) is 0 Å². The topological polar surface area (TPSA) is 105 Å². The first kappa shape index (κ1) is 19.8. The molecule has 0 bridgehead atoms. The molecule has 0 amide bonds. The van der Waals surface area contributed by atoms with Crippen LogP contribution in [0, 0.1) is 51.0 Å². The summed E-state index contributed by atoms with van der Waals surface area (Å²) in [5.74, 6) is 0.414. The average Bonchev–Trinajstić information content (AvgIpc) is 2.87. The molecule has 0 aliphatic carbocycles. The van der Waals surface area contributed by atoms with Crippen molar-refractivity contribution < 1.29 is 71.6 Å². The molecular weight excluding hydrogens is 525 g/mol. The zero-order valence-electron chi connectivity index (χ0n) is 12.3. The van der Waals surface area contributed by atoms with Crippen molar-refractivity contribution in [3.05, 3.63) is 29.3 Å². The number of phenolic OH excluding ortho intramolecular Hbond substituents is 1. The summed E-state index contributed by atoms with van der Waals surface area (Å²) in [4.78, 5) is 4.25. The van der Waals surface area contributed by atoms with Crippen molar-refractivity contribution >= 4 is 16.0 Å². The molecule has 0 aromatic heterocycles. The maximum Gasteiger partial charge on any atom is 0.264 e. The van der Waals surface area contributed by atoms with Gasteiger partial charge in [0.25, 0.3) is 10.1 Å². The molecule has 2 N–H and O–H groups in total. The van der Waals surface area contributed by atoms with Gasteiger partial charge < -0.3 is 14.9 Å². The molecule has 0 saturated carbocycles. The van der Waals surface area contributed by atoms with Crippen molar-refractivity contribution in [2.24, 2.45) is 4.99 Å². The molecule has 1 radical (unpaired) electrons. The number of benzene rings is 1. The fraction of sp³-hybridized carbons (Fsp3) is 0.462. The van der Waals surface area contributed by atoms with E-state index < -0.39 is 28.9 Å². The second kappa shape index (κ2) is 8.06. The Balaban J connectivity index is 0.00000242. The van der Waals surface area contributed by atoms with Gasteiger partial charge in [-0.15, -0.1) is 0 Å². The third kappa shape index (κ3) is 4.90. The maximum absolute atomic E-state index is 11.2. The van der Waals surface area contributed by atoms with Gasteiger partial charge in [-0.2, -0.15) is 8.42 Å². The van der Waals surface area contributed by atoms with Crippen LogP contribution in [0.5, 0.6) is 5.75 Å². The van der Waals surface area contributed by atoms with Gasteiger partial charge in [-0.1, -0.05) is 6.07 Å². The summed E-state index contributed by atoms with van der Waals surface area (Å²) in [6.45, 7) is 1.34. The Morgan fingerprint density at radius 3 is 2.77 bits per heavy atom. The van der Waals surface area contributed by atoms with Crippen LogP contribution in [-0.4, -0.2) is 56.1 Å². The molecule has 0 spiro atoms. The SMILES string of the molecule is Cc1c(O)cccc1C1=N[C@H](C(CO)OS(C)(=O)=O)CO1.[Ac]. The molecule has 0 saturated heterocycles. The van der Waals surface area contributed by atoms with Crippen LogP contribution < -0.4 is 0 Å². The van der Waals surface area contributed by atoms with E-state index in [-0.39, 0.29) is 56.4 Å². The van der Waals surface area contributed by atoms with E-state index in [1.54, 1.807) is 25.1 Å². The molecule has 1 aliphatic rings. The van der Waals surface area contributed by atoms with Crippen LogP contribution in [0.15, 0.2) is 23.2 Å². The fourth-order valence-corrected chi connectivity index (χ4v) is 2.66. The van der Waals surface area contributed by atoms with E-state index in [4.69, 9.17) is 8.92 Å². The van der Waals surface area contributed by atoms with Crippen molar-refractivity contribution in [1.82, 2.24) is 0 Å². The Morgan fingerprint density at radius 1 is 1.50 bits per heavy atom. The third-order valence-electron chi connectivity index (χ3n) is 3.12. The molecule has 1 heterocycles. The first-order chi connectivity index (χ1) is 9.81. The summed E-state index contributed by atoms with van der Waals surface area (Å²) in [6.07, 6.45) is -0.0785. The van der Waals surface area contributed by atoms with E-state index in [1.807, 2.05) is 0 Å². The van der Waals surface area contributed by atoms with Gasteiger partial charge in [-0.25, -0.2) is 4.99 Å². The van der Waals surface area contributed by atoms with E-state index in [0.717, 1.165) is 6.26 Å². The number of aliphatic hydroxyl groups excluding tert-OH is 1. The minimum atomic E-state index is -3.69. The Labute approximate surface area is 165 Å². The summed E-state index contributed by atoms with van der Waals surface area (Å²) >= 11 is 0. The van der Waals surface area contributed by atoms with Crippen LogP contribution in [0.4, 0.5) is 0 Å². The number of aliphatic imine (C=N–C) groups is 1. The molecule has 119 valence electrons. The molecule has 9 heteroatoms. The molecule has 1 aromatic carbocycles. The smallest absolute Gasteiger partial charge is 0.264 e. The normalized spacial score (nSPS) is 19.0. The number of aromatic hydroxyl groups is 1. The van der Waals surface area contributed by atoms with Crippen LogP contribution in [-0.2, 0) is 19.0 Å². The number of rotatable bonds is 5. The zero-order chi connectivity index (χ0) is 15.6. The van der Waals surface area contributed by atoms with Crippen molar-refractivity contribution in [3.63, 3.8) is 0 Å². The fourth-order valence-electron chi connectivity index (χ4n) is 2.02. The van der Waals surface area contributed by atoms with Crippen LogP contribution >= 0.6 is 0 Å². The zero-order valence-corrected chi connectivity index (χ0v) is 17.8. The second-order valence-corrected chi connectivity index (χ2v) is 6.38. The minimum absolute atomic E-state index is 0. The molecule has 0 fully saturated rings. The summed E-state index contributed by atoms with van der Waals surface area (Å²) in [5, 5.41) is 18.9. The standard InChI is InChI=1S/C13H17NO6S.Ac/c1-8-9(4-3-5-11(8)16)13-14-10(7-19-13)12(6-15)20-21(2,17)18;/h3-5,10,12,15-16H,6-7H2,1-2H3;/t10-,12?;/m0./s1. The summed E-state index contributed by atoms with van der Waals surface area (Å²) in [5.41, 5.74) is 1.23. The number of aliphatic hydroxyl groups is 1. The van der Waals surface area contributed by atoms with E-state index in [1.165, 1.54) is 0 Å². The Morgan fingerprint density at radius 2 is 2.18 bits per heavy atom. The largest absolute Gasteiger partial charge is 0.508 e.